The standard InChI is InChI=1S/C14H22N4O/c15-18-10-12(8-11-9-16-6-3-7-17-11)19-14-5-2-1-4-13(14)18/h1-2,4-5,11-12,16-17H,3,6-10,15H2. The lowest BCUT2D eigenvalue weighted by Crippen LogP contribution is -2.48. The number of hydrazine groups is 1. The second kappa shape index (κ2) is 5.77. The molecule has 1 aromatic rings. The summed E-state index contributed by atoms with van der Waals surface area (Å²) in [6, 6.07) is 8.42. The highest BCUT2D eigenvalue weighted by molar-refractivity contribution is 5.58. The van der Waals surface area contributed by atoms with Crippen LogP contribution in [0.2, 0.25) is 0 Å². The van der Waals surface area contributed by atoms with Gasteiger partial charge in [-0.2, -0.15) is 0 Å². The Labute approximate surface area is 114 Å². The molecule has 1 saturated heterocycles. The van der Waals surface area contributed by atoms with Crippen molar-refractivity contribution in [3.63, 3.8) is 0 Å². The summed E-state index contributed by atoms with van der Waals surface area (Å²) in [6.07, 6.45) is 2.32. The van der Waals surface area contributed by atoms with Gasteiger partial charge < -0.3 is 20.4 Å². The molecule has 0 saturated carbocycles. The third-order valence-electron chi connectivity index (χ3n) is 3.77. The first-order valence-corrected chi connectivity index (χ1v) is 7.05. The van der Waals surface area contributed by atoms with Crippen LogP contribution >= 0.6 is 0 Å². The third-order valence-corrected chi connectivity index (χ3v) is 3.77. The van der Waals surface area contributed by atoms with Gasteiger partial charge >= 0.3 is 0 Å². The molecule has 0 aliphatic carbocycles. The van der Waals surface area contributed by atoms with Crippen LogP contribution in [0.1, 0.15) is 12.8 Å². The lowest BCUT2D eigenvalue weighted by molar-refractivity contribution is 0.168. The lowest BCUT2D eigenvalue weighted by atomic mass is 10.1. The van der Waals surface area contributed by atoms with Crippen LogP contribution in [0.15, 0.2) is 24.3 Å². The van der Waals surface area contributed by atoms with E-state index in [2.05, 4.69) is 10.6 Å². The van der Waals surface area contributed by atoms with Crippen molar-refractivity contribution in [3.05, 3.63) is 24.3 Å². The second-order valence-corrected chi connectivity index (χ2v) is 5.30. The fourth-order valence-electron chi connectivity index (χ4n) is 2.80. The van der Waals surface area contributed by atoms with E-state index in [0.717, 1.165) is 44.0 Å². The Balaban J connectivity index is 1.64. The molecular weight excluding hydrogens is 240 g/mol. The molecule has 0 amide bonds. The number of fused-ring (bicyclic) bond motifs is 1. The quantitative estimate of drug-likeness (QED) is 0.676. The van der Waals surface area contributed by atoms with Crippen molar-refractivity contribution in [1.29, 1.82) is 0 Å². The van der Waals surface area contributed by atoms with Gasteiger partial charge in [-0.05, 0) is 31.6 Å². The smallest absolute Gasteiger partial charge is 0.144 e. The SMILES string of the molecule is NN1CC(CC2CNCCCN2)Oc2ccccc21. The molecule has 3 rings (SSSR count). The van der Waals surface area contributed by atoms with Gasteiger partial charge in [-0.25, -0.2) is 5.84 Å². The highest BCUT2D eigenvalue weighted by Gasteiger charge is 2.26. The van der Waals surface area contributed by atoms with Crippen LogP contribution in [0.4, 0.5) is 5.69 Å². The van der Waals surface area contributed by atoms with Crippen molar-refractivity contribution in [1.82, 2.24) is 10.6 Å². The van der Waals surface area contributed by atoms with Gasteiger partial charge in [0.05, 0.1) is 12.2 Å². The van der Waals surface area contributed by atoms with Gasteiger partial charge in [0.1, 0.15) is 11.9 Å². The van der Waals surface area contributed by atoms with Crippen molar-refractivity contribution in [2.24, 2.45) is 5.84 Å². The molecule has 2 atom stereocenters. The number of rotatable bonds is 2. The van der Waals surface area contributed by atoms with Crippen LogP contribution in [0.5, 0.6) is 5.75 Å². The van der Waals surface area contributed by atoms with Gasteiger partial charge in [-0.3, -0.25) is 0 Å². The van der Waals surface area contributed by atoms with Crippen molar-refractivity contribution in [2.75, 3.05) is 31.2 Å². The minimum atomic E-state index is 0.150. The topological polar surface area (TPSA) is 62.5 Å². The maximum atomic E-state index is 6.09. The summed E-state index contributed by atoms with van der Waals surface area (Å²) >= 11 is 0. The molecule has 1 fully saturated rings. The van der Waals surface area contributed by atoms with Gasteiger partial charge in [-0.1, -0.05) is 12.1 Å². The molecule has 2 unspecified atom stereocenters. The van der Waals surface area contributed by atoms with E-state index in [1.165, 1.54) is 6.42 Å². The zero-order valence-electron chi connectivity index (χ0n) is 11.1. The molecule has 0 radical (unpaired) electrons. The number of nitrogens with two attached hydrogens (primary N) is 1. The second-order valence-electron chi connectivity index (χ2n) is 5.30. The average Bonchev–Trinajstić information content (AvgIpc) is 2.67. The molecule has 0 spiro atoms. The van der Waals surface area contributed by atoms with Gasteiger partial charge in [-0.15, -0.1) is 0 Å². The summed E-state index contributed by atoms with van der Waals surface area (Å²) in [5, 5.41) is 8.82. The van der Waals surface area contributed by atoms with E-state index in [1.54, 1.807) is 5.01 Å². The van der Waals surface area contributed by atoms with Crippen LogP contribution in [0.3, 0.4) is 0 Å². The van der Waals surface area contributed by atoms with Crippen molar-refractivity contribution in [2.45, 2.75) is 25.0 Å². The number of nitrogens with one attached hydrogen (secondary N) is 2. The van der Waals surface area contributed by atoms with Crippen LogP contribution in [-0.4, -0.2) is 38.3 Å². The minimum Gasteiger partial charge on any atom is -0.486 e. The fourth-order valence-corrected chi connectivity index (χ4v) is 2.80. The predicted octanol–water partition coefficient (Wildman–Crippen LogP) is 0.469. The molecule has 2 aliphatic rings. The molecule has 4 N–H and O–H groups in total. The first-order chi connectivity index (χ1) is 9.33. The van der Waals surface area contributed by atoms with Crippen molar-refractivity contribution in [3.8, 4) is 5.75 Å². The normalized spacial score (nSPS) is 27.3. The van der Waals surface area contributed by atoms with Crippen molar-refractivity contribution < 1.29 is 4.74 Å². The molecule has 1 aromatic carbocycles. The van der Waals surface area contributed by atoms with E-state index in [0.29, 0.717) is 6.04 Å². The van der Waals surface area contributed by atoms with E-state index >= 15 is 0 Å². The average molecular weight is 262 g/mol. The first kappa shape index (κ1) is 12.7. The highest BCUT2D eigenvalue weighted by Crippen LogP contribution is 2.31. The molecule has 5 heteroatoms. The molecule has 0 aromatic heterocycles. The Hall–Kier alpha value is -1.30. The maximum Gasteiger partial charge on any atom is 0.144 e. The molecule has 2 heterocycles. The summed E-state index contributed by atoms with van der Waals surface area (Å²) in [6.45, 7) is 3.93. The number of hydrogen-bond acceptors (Lipinski definition) is 5. The number of para-hydroxylation sites is 2. The Bertz CT molecular complexity index is 418. The number of anilines is 1. The Morgan fingerprint density at radius 3 is 3.16 bits per heavy atom. The van der Waals surface area contributed by atoms with Gasteiger partial charge in [0.25, 0.3) is 0 Å². The van der Waals surface area contributed by atoms with Gasteiger partial charge in [0.2, 0.25) is 0 Å². The molecule has 19 heavy (non-hydrogen) atoms. The third kappa shape index (κ3) is 3.00. The zero-order chi connectivity index (χ0) is 13.1. The van der Waals surface area contributed by atoms with Crippen LogP contribution in [0.25, 0.3) is 0 Å². The summed E-state index contributed by atoms with van der Waals surface area (Å²) in [4.78, 5) is 0. The molecule has 104 valence electrons. The predicted molar refractivity (Wildman–Crippen MR) is 76.3 cm³/mol. The van der Waals surface area contributed by atoms with E-state index in [1.807, 2.05) is 24.3 Å². The van der Waals surface area contributed by atoms with Gasteiger partial charge in [0.15, 0.2) is 0 Å². The van der Waals surface area contributed by atoms with Gasteiger partial charge in [0, 0.05) is 19.0 Å². The van der Waals surface area contributed by atoms with E-state index in [-0.39, 0.29) is 6.10 Å². The number of nitrogens with zero attached hydrogens (tertiary/aromatic N) is 1. The fraction of sp³-hybridized carbons (Fsp3) is 0.571. The largest absolute Gasteiger partial charge is 0.486 e. The highest BCUT2D eigenvalue weighted by atomic mass is 16.5. The Kier molecular flexibility index (Phi) is 3.87. The summed E-state index contributed by atoms with van der Waals surface area (Å²) in [5.41, 5.74) is 0.978. The van der Waals surface area contributed by atoms with Crippen LogP contribution in [-0.2, 0) is 0 Å². The first-order valence-electron chi connectivity index (χ1n) is 7.05. The minimum absolute atomic E-state index is 0.150. The molecule has 2 aliphatic heterocycles. The van der Waals surface area contributed by atoms with Crippen molar-refractivity contribution >= 4 is 5.69 Å². The van der Waals surface area contributed by atoms with Crippen LogP contribution in [0, 0.1) is 0 Å². The summed E-state index contributed by atoms with van der Waals surface area (Å²) in [5.74, 6) is 6.98. The number of benzene rings is 1. The Morgan fingerprint density at radius 1 is 1.32 bits per heavy atom. The molecule has 0 bridgehead atoms. The zero-order valence-corrected chi connectivity index (χ0v) is 11.1. The Morgan fingerprint density at radius 2 is 2.21 bits per heavy atom. The van der Waals surface area contributed by atoms with Crippen LogP contribution < -0.4 is 26.2 Å². The summed E-state index contributed by atoms with van der Waals surface area (Å²) in [7, 11) is 0. The van der Waals surface area contributed by atoms with E-state index in [9.17, 15) is 0 Å². The molecular formula is C14H22N4O. The number of ether oxygens (including phenoxy) is 1. The monoisotopic (exact) mass is 262 g/mol. The van der Waals surface area contributed by atoms with E-state index in [4.69, 9.17) is 10.6 Å². The number of hydrogen-bond donors (Lipinski definition) is 3. The lowest BCUT2D eigenvalue weighted by Gasteiger charge is -2.34. The van der Waals surface area contributed by atoms with E-state index < -0.39 is 0 Å². The summed E-state index contributed by atoms with van der Waals surface area (Å²) < 4.78 is 6.06. The maximum absolute atomic E-state index is 6.09. The molecule has 5 nitrogen and oxygen atoms in total.